The number of fused-ring (bicyclic) bond motifs is 3. The average molecular weight is 746 g/mol. The topological polar surface area (TPSA) is 179 Å². The normalized spacial score (nSPS) is 17.6. The van der Waals surface area contributed by atoms with Gasteiger partial charge in [-0.2, -0.15) is 4.31 Å². The number of hydrogen-bond donors (Lipinski definition) is 3. The first kappa shape index (κ1) is 37.4. The van der Waals surface area contributed by atoms with E-state index in [0.717, 1.165) is 10.8 Å². The Labute approximate surface area is 308 Å². The highest BCUT2D eigenvalue weighted by atomic mass is 32.2. The number of carbonyl (C=O) groups is 3. The first-order valence-corrected chi connectivity index (χ1v) is 18.8. The third-order valence-electron chi connectivity index (χ3n) is 9.21. The van der Waals surface area contributed by atoms with Crippen LogP contribution in [0, 0.1) is 5.92 Å². The number of ether oxygens (including phenoxy) is 4. The number of urea groups is 1. The van der Waals surface area contributed by atoms with Crippen molar-refractivity contribution in [3.05, 3.63) is 84.4 Å². The Balaban J connectivity index is 1.31. The summed E-state index contributed by atoms with van der Waals surface area (Å²) in [4.78, 5) is 41.5. The lowest BCUT2D eigenvalue weighted by atomic mass is 9.99. The van der Waals surface area contributed by atoms with Crippen LogP contribution in [-0.2, 0) is 19.6 Å². The Hall–Kier alpha value is -5.38. The molecule has 2 heterocycles. The number of esters is 1. The number of sulfonamides is 1. The summed E-state index contributed by atoms with van der Waals surface area (Å²) in [6.07, 6.45) is -0.770. The summed E-state index contributed by atoms with van der Waals surface area (Å²) in [7, 11) is -2.60. The van der Waals surface area contributed by atoms with Crippen LogP contribution in [0.15, 0.2) is 83.8 Å². The molecular weight excluding hydrogens is 703 g/mol. The van der Waals surface area contributed by atoms with E-state index in [0.29, 0.717) is 30.4 Å². The van der Waals surface area contributed by atoms with Crippen molar-refractivity contribution in [2.75, 3.05) is 57.1 Å². The number of rotatable bonds is 11. The zero-order chi connectivity index (χ0) is 37.7. The Morgan fingerprint density at radius 3 is 2.47 bits per heavy atom. The number of nitrogens with one attached hydrogen (secondary N) is 2. The van der Waals surface area contributed by atoms with Crippen LogP contribution in [-0.4, -0.2) is 94.2 Å². The molecule has 3 atom stereocenters. The maximum absolute atomic E-state index is 14.2. The van der Waals surface area contributed by atoms with Gasteiger partial charge in [0, 0.05) is 37.5 Å². The van der Waals surface area contributed by atoms with E-state index in [-0.39, 0.29) is 54.6 Å². The van der Waals surface area contributed by atoms with Crippen molar-refractivity contribution in [2.45, 2.75) is 37.3 Å². The molecule has 0 aliphatic carbocycles. The number of para-hydroxylation sites is 1. The van der Waals surface area contributed by atoms with Gasteiger partial charge in [0.1, 0.15) is 25.9 Å². The zero-order valence-electron chi connectivity index (χ0n) is 29.7. The zero-order valence-corrected chi connectivity index (χ0v) is 30.6. The molecule has 4 aromatic carbocycles. The summed E-state index contributed by atoms with van der Waals surface area (Å²) in [6.45, 7) is 4.36. The second kappa shape index (κ2) is 16.1. The summed E-state index contributed by atoms with van der Waals surface area (Å²) >= 11 is 0. The molecule has 4 aromatic rings. The van der Waals surface area contributed by atoms with Crippen LogP contribution in [0.5, 0.6) is 17.2 Å². The molecule has 15 heteroatoms. The smallest absolute Gasteiger partial charge is 0.323 e. The van der Waals surface area contributed by atoms with E-state index >= 15 is 0 Å². The monoisotopic (exact) mass is 745 g/mol. The molecule has 3 unspecified atom stereocenters. The first-order chi connectivity index (χ1) is 25.5. The highest BCUT2D eigenvalue weighted by Gasteiger charge is 2.37. The lowest BCUT2D eigenvalue weighted by Gasteiger charge is -2.38. The van der Waals surface area contributed by atoms with E-state index < -0.39 is 46.0 Å². The molecule has 0 saturated carbocycles. The van der Waals surface area contributed by atoms with Gasteiger partial charge in [0.05, 0.1) is 40.8 Å². The first-order valence-electron chi connectivity index (χ1n) is 17.3. The van der Waals surface area contributed by atoms with Gasteiger partial charge in [-0.15, -0.1) is 0 Å². The Morgan fingerprint density at radius 2 is 1.68 bits per heavy atom. The predicted octanol–water partition coefficient (Wildman–Crippen LogP) is 4.70. The molecular formula is C38H43N5O9S. The van der Waals surface area contributed by atoms with Crippen LogP contribution >= 0.6 is 0 Å². The summed E-state index contributed by atoms with van der Waals surface area (Å²) in [5, 5.41) is 7.51. The Kier molecular flexibility index (Phi) is 11.4. The molecule has 0 aromatic heterocycles. The van der Waals surface area contributed by atoms with Gasteiger partial charge >= 0.3 is 12.0 Å². The van der Waals surface area contributed by atoms with Gasteiger partial charge in [-0.05, 0) is 42.6 Å². The van der Waals surface area contributed by atoms with Gasteiger partial charge in [-0.3, -0.25) is 9.59 Å². The summed E-state index contributed by atoms with van der Waals surface area (Å²) < 4.78 is 52.2. The van der Waals surface area contributed by atoms with Crippen molar-refractivity contribution in [1.29, 1.82) is 0 Å². The van der Waals surface area contributed by atoms with Crippen LogP contribution < -0.4 is 30.6 Å². The third kappa shape index (κ3) is 8.32. The van der Waals surface area contributed by atoms with Gasteiger partial charge < -0.3 is 40.2 Å². The molecule has 2 aliphatic rings. The second-order valence-electron chi connectivity index (χ2n) is 13.0. The molecule has 14 nitrogen and oxygen atoms in total. The molecule has 0 fully saturated rings. The number of anilines is 2. The maximum Gasteiger partial charge on any atom is 0.323 e. The van der Waals surface area contributed by atoms with Crippen molar-refractivity contribution in [1.82, 2.24) is 9.21 Å². The van der Waals surface area contributed by atoms with Crippen LogP contribution in [0.25, 0.3) is 10.8 Å². The maximum atomic E-state index is 14.2. The molecule has 6 rings (SSSR count). The fourth-order valence-corrected chi connectivity index (χ4v) is 7.48. The van der Waals surface area contributed by atoms with E-state index in [2.05, 4.69) is 10.6 Å². The van der Waals surface area contributed by atoms with E-state index in [9.17, 15) is 22.8 Å². The van der Waals surface area contributed by atoms with Crippen LogP contribution in [0.1, 0.15) is 30.6 Å². The molecule has 3 amide bonds. The van der Waals surface area contributed by atoms with E-state index in [1.807, 2.05) is 43.3 Å². The number of nitrogens with two attached hydrogens (primary N) is 1. The standard InChI is InChI=1S/C38H43N5O9S/c1-24-21-43(25(2)23-51-35(44)16-17-39)37(45)29-11-7-13-31(41-38(46)40-30-12-6-9-26-8-4-5-10-28(26)30)36(29)52-34(24)22-42(3)53(47,48)27-14-15-32-33(20-27)50-19-18-49-32/h4-15,20,24-25,34H,16-19,21-23,39H2,1-3H3,(H2,40,41,46). The van der Waals surface area contributed by atoms with Crippen molar-refractivity contribution in [2.24, 2.45) is 11.7 Å². The van der Waals surface area contributed by atoms with Crippen molar-refractivity contribution >= 4 is 50.1 Å². The number of benzene rings is 4. The number of nitrogens with zero attached hydrogens (tertiary/aromatic N) is 2. The van der Waals surface area contributed by atoms with Crippen molar-refractivity contribution in [3.63, 3.8) is 0 Å². The number of likely N-dealkylation sites (N-methyl/N-ethyl adjacent to an activating group) is 1. The second-order valence-corrected chi connectivity index (χ2v) is 15.1. The largest absolute Gasteiger partial charge is 0.486 e. The van der Waals surface area contributed by atoms with Crippen LogP contribution in [0.4, 0.5) is 16.2 Å². The van der Waals surface area contributed by atoms with E-state index in [4.69, 9.17) is 24.7 Å². The molecule has 0 radical (unpaired) electrons. The third-order valence-corrected chi connectivity index (χ3v) is 11.0. The number of carbonyl (C=O) groups excluding carboxylic acids is 3. The summed E-state index contributed by atoms with van der Waals surface area (Å²) in [5.41, 5.74) is 6.43. The molecule has 0 bridgehead atoms. The summed E-state index contributed by atoms with van der Waals surface area (Å²) in [6, 6.07) is 21.3. The minimum absolute atomic E-state index is 0.0142. The lowest BCUT2D eigenvalue weighted by Crippen LogP contribution is -2.50. The SMILES string of the molecule is CC1CN(C(C)COC(=O)CCN)C(=O)c2cccc(NC(=O)Nc3cccc4ccccc34)c2OC1CN(C)S(=O)(=O)c1ccc2c(c1)OCCO2. The van der Waals surface area contributed by atoms with Gasteiger partial charge in [0.2, 0.25) is 10.0 Å². The molecule has 280 valence electrons. The van der Waals surface area contributed by atoms with Gasteiger partial charge in [0.15, 0.2) is 17.2 Å². The lowest BCUT2D eigenvalue weighted by molar-refractivity contribution is -0.144. The summed E-state index contributed by atoms with van der Waals surface area (Å²) in [5.74, 6) is -0.466. The molecule has 53 heavy (non-hydrogen) atoms. The molecule has 2 aliphatic heterocycles. The van der Waals surface area contributed by atoms with Crippen molar-refractivity contribution in [3.8, 4) is 17.2 Å². The quantitative estimate of drug-likeness (QED) is 0.182. The van der Waals surface area contributed by atoms with Crippen LogP contribution in [0.3, 0.4) is 0 Å². The Bertz CT molecular complexity index is 2110. The minimum Gasteiger partial charge on any atom is -0.486 e. The number of hydrogen-bond acceptors (Lipinski definition) is 10. The fraction of sp³-hybridized carbons (Fsp3) is 0.342. The van der Waals surface area contributed by atoms with Crippen molar-refractivity contribution < 1.29 is 41.7 Å². The minimum atomic E-state index is -4.05. The highest BCUT2D eigenvalue weighted by Crippen LogP contribution is 2.37. The molecule has 0 saturated heterocycles. The Morgan fingerprint density at radius 1 is 0.981 bits per heavy atom. The number of amides is 3. The van der Waals surface area contributed by atoms with E-state index in [1.54, 1.807) is 42.2 Å². The molecule has 4 N–H and O–H groups in total. The highest BCUT2D eigenvalue weighted by molar-refractivity contribution is 7.89. The molecule has 0 spiro atoms. The van der Waals surface area contributed by atoms with Gasteiger partial charge in [-0.25, -0.2) is 13.2 Å². The fourth-order valence-electron chi connectivity index (χ4n) is 6.28. The van der Waals surface area contributed by atoms with E-state index in [1.165, 1.54) is 23.5 Å². The van der Waals surface area contributed by atoms with Gasteiger partial charge in [0.25, 0.3) is 5.91 Å². The predicted molar refractivity (Wildman–Crippen MR) is 199 cm³/mol. The van der Waals surface area contributed by atoms with Crippen LogP contribution in [0.2, 0.25) is 0 Å². The average Bonchev–Trinajstić information content (AvgIpc) is 3.15. The van der Waals surface area contributed by atoms with Gasteiger partial charge in [-0.1, -0.05) is 49.4 Å².